The van der Waals surface area contributed by atoms with Crippen LogP contribution >= 0.6 is 0 Å². The van der Waals surface area contributed by atoms with Gasteiger partial charge in [0, 0.05) is 0 Å². The van der Waals surface area contributed by atoms with Crippen LogP contribution in [0.15, 0.2) is 83.3 Å². The van der Waals surface area contributed by atoms with Crippen molar-refractivity contribution in [2.45, 2.75) is 6.61 Å². The Balaban J connectivity index is 1.73. The summed E-state index contributed by atoms with van der Waals surface area (Å²) in [7, 11) is 3.71. The Morgan fingerprint density at radius 3 is 2.20 bits per heavy atom. The lowest BCUT2D eigenvalue weighted by Crippen LogP contribution is -2.15. The van der Waals surface area contributed by atoms with Gasteiger partial charge in [-0.3, -0.25) is 0 Å². The topological polar surface area (TPSA) is 119 Å². The van der Waals surface area contributed by atoms with Crippen LogP contribution in [0.3, 0.4) is 0 Å². The molecule has 5 aromatic rings. The van der Waals surface area contributed by atoms with Gasteiger partial charge in [-0.2, -0.15) is 5.10 Å². The van der Waals surface area contributed by atoms with Crippen molar-refractivity contribution >= 4 is 28.7 Å². The van der Waals surface area contributed by atoms with E-state index in [0.717, 1.165) is 5.39 Å². The molecule has 2 heterocycles. The molecule has 0 saturated carbocycles. The maximum atomic E-state index is 13.2. The molecule has 3 aromatic carbocycles. The van der Waals surface area contributed by atoms with Crippen LogP contribution in [0.2, 0.25) is 0 Å². The van der Waals surface area contributed by atoms with Crippen molar-refractivity contribution in [3.05, 3.63) is 102 Å². The zero-order chi connectivity index (χ0) is 28.2. The average molecular weight is 541 g/mol. The van der Waals surface area contributed by atoms with E-state index >= 15 is 0 Å². The molecule has 10 nitrogen and oxygen atoms in total. The van der Waals surface area contributed by atoms with Gasteiger partial charge in [0.25, 0.3) is 0 Å². The summed E-state index contributed by atoms with van der Waals surface area (Å²) in [5.41, 5.74) is 0.984. The monoisotopic (exact) mass is 540 g/mol. The quantitative estimate of drug-likeness (QED) is 0.193. The minimum Gasteiger partial charge on any atom is -0.485 e. The number of hydrogen-bond donors (Lipinski definition) is 0. The van der Waals surface area contributed by atoms with E-state index in [9.17, 15) is 14.4 Å². The highest BCUT2D eigenvalue weighted by Gasteiger charge is 2.33. The number of nitrogens with zero attached hydrogens (tertiary/aromatic N) is 2. The van der Waals surface area contributed by atoms with Gasteiger partial charge in [0.05, 0.1) is 32.6 Å². The number of carbonyl (C=O) groups is 3. The molecule has 0 radical (unpaired) electrons. The summed E-state index contributed by atoms with van der Waals surface area (Å²) in [6, 6.07) is 23.1. The molecule has 0 aliphatic carbocycles. The van der Waals surface area contributed by atoms with Crippen LogP contribution in [0.5, 0.6) is 5.75 Å². The standard InChI is InChI=1S/C30H24N2O8/c1-36-28(33)23-16-14-20(40-23)17-39-22-15-13-18-9-7-8-12-21(18)24(22)26-25(29(34)37-2)27(30(35)38-3)32(31-26)19-10-5-4-6-11-19/h4-16H,17H2,1-3H3. The number of furan rings is 1. The number of esters is 3. The molecule has 0 unspecified atom stereocenters. The first-order chi connectivity index (χ1) is 19.5. The average Bonchev–Trinajstić information content (AvgIpc) is 3.64. The smallest absolute Gasteiger partial charge is 0.373 e. The van der Waals surface area contributed by atoms with Crippen LogP contribution in [0.25, 0.3) is 27.7 Å². The number of para-hydroxylation sites is 1. The highest BCUT2D eigenvalue weighted by atomic mass is 16.5. The molecular formula is C30H24N2O8. The summed E-state index contributed by atoms with van der Waals surface area (Å²) in [4.78, 5) is 38.1. The number of methoxy groups -OCH3 is 3. The Hall–Kier alpha value is -5.38. The summed E-state index contributed by atoms with van der Waals surface area (Å²) in [6.07, 6.45) is 0. The van der Waals surface area contributed by atoms with Crippen molar-refractivity contribution in [3.63, 3.8) is 0 Å². The summed E-state index contributed by atoms with van der Waals surface area (Å²) < 4.78 is 27.9. The van der Waals surface area contributed by atoms with Gasteiger partial charge in [-0.1, -0.05) is 48.5 Å². The molecule has 0 atom stereocenters. The van der Waals surface area contributed by atoms with Gasteiger partial charge >= 0.3 is 17.9 Å². The van der Waals surface area contributed by atoms with Gasteiger partial charge in [0.1, 0.15) is 29.4 Å². The molecule has 0 fully saturated rings. The summed E-state index contributed by atoms with van der Waals surface area (Å²) in [5, 5.41) is 6.31. The molecule has 0 N–H and O–H groups in total. The van der Waals surface area contributed by atoms with Crippen LogP contribution < -0.4 is 4.74 Å². The normalized spacial score (nSPS) is 10.8. The molecule has 40 heavy (non-hydrogen) atoms. The van der Waals surface area contributed by atoms with Crippen LogP contribution in [0.1, 0.15) is 37.2 Å². The van der Waals surface area contributed by atoms with Crippen molar-refractivity contribution in [1.29, 1.82) is 0 Å². The number of hydrogen-bond acceptors (Lipinski definition) is 9. The van der Waals surface area contributed by atoms with Crippen molar-refractivity contribution < 1.29 is 37.7 Å². The fourth-order valence-electron chi connectivity index (χ4n) is 4.36. The maximum absolute atomic E-state index is 13.2. The lowest BCUT2D eigenvalue weighted by molar-refractivity contribution is 0.0549. The van der Waals surface area contributed by atoms with Crippen LogP contribution in [-0.2, 0) is 20.8 Å². The molecular weight excluding hydrogens is 516 g/mol. The SMILES string of the molecule is COC(=O)c1ccc(COc2ccc3ccccc3c2-c2nn(-c3ccccc3)c(C(=O)OC)c2C(=O)OC)o1. The number of benzene rings is 3. The van der Waals surface area contributed by atoms with E-state index in [1.807, 2.05) is 36.4 Å². The Kier molecular flexibility index (Phi) is 7.32. The van der Waals surface area contributed by atoms with Crippen molar-refractivity contribution in [2.24, 2.45) is 0 Å². The molecule has 0 amide bonds. The van der Waals surface area contributed by atoms with E-state index in [0.29, 0.717) is 28.1 Å². The summed E-state index contributed by atoms with van der Waals surface area (Å²) >= 11 is 0. The third-order valence-corrected chi connectivity index (χ3v) is 6.20. The molecule has 0 spiro atoms. The molecule has 10 heteroatoms. The van der Waals surface area contributed by atoms with Crippen molar-refractivity contribution in [2.75, 3.05) is 21.3 Å². The van der Waals surface area contributed by atoms with Gasteiger partial charge in [-0.05, 0) is 41.1 Å². The van der Waals surface area contributed by atoms with Crippen LogP contribution in [0, 0.1) is 0 Å². The Morgan fingerprint density at radius 1 is 0.775 bits per heavy atom. The minimum atomic E-state index is -0.773. The number of rotatable bonds is 8. The van der Waals surface area contributed by atoms with E-state index < -0.39 is 17.9 Å². The van der Waals surface area contributed by atoms with E-state index in [1.165, 1.54) is 32.1 Å². The van der Waals surface area contributed by atoms with Gasteiger partial charge in [0.2, 0.25) is 5.76 Å². The number of aromatic nitrogens is 2. The fraction of sp³-hybridized carbons (Fsp3) is 0.133. The third kappa shape index (κ3) is 4.78. The van der Waals surface area contributed by atoms with Gasteiger partial charge in [-0.25, -0.2) is 19.1 Å². The van der Waals surface area contributed by atoms with E-state index in [1.54, 1.807) is 36.4 Å². The molecule has 202 valence electrons. The fourth-order valence-corrected chi connectivity index (χ4v) is 4.36. The molecule has 0 aliphatic heterocycles. The Labute approximate surface area is 228 Å². The maximum Gasteiger partial charge on any atom is 0.373 e. The zero-order valence-corrected chi connectivity index (χ0v) is 21.9. The number of fused-ring (bicyclic) bond motifs is 1. The highest BCUT2D eigenvalue weighted by Crippen LogP contribution is 2.40. The van der Waals surface area contributed by atoms with E-state index in [4.69, 9.17) is 28.5 Å². The van der Waals surface area contributed by atoms with E-state index in [-0.39, 0.29) is 29.3 Å². The lowest BCUT2D eigenvalue weighted by Gasteiger charge is -2.13. The van der Waals surface area contributed by atoms with Gasteiger partial charge in [-0.15, -0.1) is 0 Å². The predicted octanol–water partition coefficient (Wildman–Crippen LogP) is 5.22. The number of ether oxygens (including phenoxy) is 4. The van der Waals surface area contributed by atoms with Crippen LogP contribution in [0.4, 0.5) is 0 Å². The minimum absolute atomic E-state index is 0.0390. The Morgan fingerprint density at radius 2 is 1.48 bits per heavy atom. The first-order valence-electron chi connectivity index (χ1n) is 12.1. The van der Waals surface area contributed by atoms with Gasteiger partial charge < -0.3 is 23.4 Å². The summed E-state index contributed by atoms with van der Waals surface area (Å²) in [5.74, 6) is -1.38. The zero-order valence-electron chi connectivity index (χ0n) is 21.9. The van der Waals surface area contributed by atoms with E-state index in [2.05, 4.69) is 0 Å². The lowest BCUT2D eigenvalue weighted by atomic mass is 9.97. The predicted molar refractivity (Wildman–Crippen MR) is 144 cm³/mol. The third-order valence-electron chi connectivity index (χ3n) is 6.20. The van der Waals surface area contributed by atoms with Crippen molar-refractivity contribution in [3.8, 4) is 22.7 Å². The molecule has 0 aliphatic rings. The largest absolute Gasteiger partial charge is 0.485 e. The second kappa shape index (κ2) is 11.2. The molecule has 5 rings (SSSR count). The second-order valence-corrected chi connectivity index (χ2v) is 8.51. The molecule has 0 bridgehead atoms. The first kappa shape index (κ1) is 26.2. The second-order valence-electron chi connectivity index (χ2n) is 8.51. The molecule has 2 aromatic heterocycles. The Bertz CT molecular complexity index is 1720. The van der Waals surface area contributed by atoms with Gasteiger partial charge in [0.15, 0.2) is 5.69 Å². The van der Waals surface area contributed by atoms with Crippen LogP contribution in [-0.4, -0.2) is 49.0 Å². The summed E-state index contributed by atoms with van der Waals surface area (Å²) in [6.45, 7) is -0.0425. The number of carbonyl (C=O) groups excluding carboxylic acids is 3. The van der Waals surface area contributed by atoms with Crippen molar-refractivity contribution in [1.82, 2.24) is 9.78 Å². The highest BCUT2D eigenvalue weighted by molar-refractivity contribution is 6.10. The molecule has 0 saturated heterocycles. The first-order valence-corrected chi connectivity index (χ1v) is 12.1.